The van der Waals surface area contributed by atoms with Crippen molar-refractivity contribution < 1.29 is 33.6 Å². The van der Waals surface area contributed by atoms with Crippen molar-refractivity contribution in [1.29, 1.82) is 0 Å². The third-order valence-electron chi connectivity index (χ3n) is 7.18. The van der Waals surface area contributed by atoms with Crippen molar-refractivity contribution >= 4 is 43.5 Å². The summed E-state index contributed by atoms with van der Waals surface area (Å²) in [6.07, 6.45) is 1.45. The lowest BCUT2D eigenvalue weighted by atomic mass is 10.0. The van der Waals surface area contributed by atoms with Gasteiger partial charge in [-0.1, -0.05) is 30.3 Å². The Hall–Kier alpha value is -4.98. The van der Waals surface area contributed by atoms with Crippen molar-refractivity contribution in [3.05, 3.63) is 112 Å². The number of carbonyl (C=O) groups is 1. The van der Waals surface area contributed by atoms with E-state index >= 15 is 0 Å². The summed E-state index contributed by atoms with van der Waals surface area (Å²) in [6, 6.07) is 20.2. The maximum Gasteiger partial charge on any atom is 0.345 e. The number of rotatable bonds is 12. The first-order valence-electron chi connectivity index (χ1n) is 14.2. The SMILES string of the molecule is COc1ccccc1-c1nccc(COc2ccc(CO)cc2CC(Oc2ncnc3sc(-c4ccc(F)cc4)c(Br)c23)C(=O)O)n1. The first-order chi connectivity index (χ1) is 22.8. The molecular weight excluding hydrogens is 691 g/mol. The van der Waals surface area contributed by atoms with Crippen LogP contribution in [0.4, 0.5) is 4.39 Å². The van der Waals surface area contributed by atoms with Crippen LogP contribution in [-0.2, 0) is 24.4 Å². The predicted octanol–water partition coefficient (Wildman–Crippen LogP) is 6.87. The van der Waals surface area contributed by atoms with Gasteiger partial charge >= 0.3 is 5.97 Å². The van der Waals surface area contributed by atoms with Crippen molar-refractivity contribution in [3.63, 3.8) is 0 Å². The number of hydrogen-bond acceptors (Lipinski definition) is 10. The van der Waals surface area contributed by atoms with Crippen LogP contribution in [0.5, 0.6) is 17.4 Å². The summed E-state index contributed by atoms with van der Waals surface area (Å²) < 4.78 is 31.8. The van der Waals surface area contributed by atoms with Crippen LogP contribution in [0, 0.1) is 5.82 Å². The van der Waals surface area contributed by atoms with E-state index in [-0.39, 0.29) is 31.3 Å². The molecule has 2 N–H and O–H groups in total. The highest BCUT2D eigenvalue weighted by molar-refractivity contribution is 9.10. The topological polar surface area (TPSA) is 137 Å². The Balaban J connectivity index is 1.26. The van der Waals surface area contributed by atoms with Crippen molar-refractivity contribution in [2.75, 3.05) is 7.11 Å². The van der Waals surface area contributed by atoms with E-state index in [1.165, 1.54) is 29.8 Å². The molecule has 0 bridgehead atoms. The van der Waals surface area contributed by atoms with Gasteiger partial charge in [0.15, 0.2) is 5.82 Å². The quantitative estimate of drug-likeness (QED) is 0.138. The Morgan fingerprint density at radius 3 is 2.60 bits per heavy atom. The van der Waals surface area contributed by atoms with Gasteiger partial charge in [-0.2, -0.15) is 0 Å². The number of aliphatic hydroxyl groups is 1. The summed E-state index contributed by atoms with van der Waals surface area (Å²) in [7, 11) is 1.58. The zero-order valence-corrected chi connectivity index (χ0v) is 27.2. The average Bonchev–Trinajstić information content (AvgIpc) is 3.44. The molecule has 0 saturated heterocycles. The molecule has 3 heterocycles. The average molecular weight is 718 g/mol. The zero-order valence-electron chi connectivity index (χ0n) is 24.8. The van der Waals surface area contributed by atoms with E-state index < -0.39 is 12.1 Å². The summed E-state index contributed by atoms with van der Waals surface area (Å²) in [5, 5.41) is 20.5. The highest BCUT2D eigenvalue weighted by atomic mass is 79.9. The molecule has 13 heteroatoms. The smallest absolute Gasteiger partial charge is 0.345 e. The van der Waals surface area contributed by atoms with Crippen molar-refractivity contribution in [2.24, 2.45) is 0 Å². The molecule has 0 fully saturated rings. The largest absolute Gasteiger partial charge is 0.496 e. The molecule has 0 saturated carbocycles. The number of fused-ring (bicyclic) bond motifs is 1. The number of methoxy groups -OCH3 is 1. The molecule has 0 radical (unpaired) electrons. The molecule has 0 amide bonds. The van der Waals surface area contributed by atoms with Crippen LogP contribution in [-0.4, -0.2) is 49.3 Å². The normalized spacial score (nSPS) is 11.7. The zero-order chi connectivity index (χ0) is 32.9. The molecule has 0 spiro atoms. The van der Waals surface area contributed by atoms with E-state index in [4.69, 9.17) is 14.2 Å². The Morgan fingerprint density at radius 1 is 1.02 bits per heavy atom. The number of carboxylic acid groups (broad SMARTS) is 1. The summed E-state index contributed by atoms with van der Waals surface area (Å²) in [5.41, 5.74) is 3.15. The number of benzene rings is 3. The van der Waals surface area contributed by atoms with Crippen molar-refractivity contribution in [2.45, 2.75) is 25.7 Å². The van der Waals surface area contributed by atoms with E-state index in [0.717, 1.165) is 16.0 Å². The van der Waals surface area contributed by atoms with E-state index in [1.54, 1.807) is 49.7 Å². The molecule has 0 aliphatic carbocycles. The third kappa shape index (κ3) is 7.07. The number of aromatic nitrogens is 4. The summed E-state index contributed by atoms with van der Waals surface area (Å²) >= 11 is 4.93. The molecule has 238 valence electrons. The van der Waals surface area contributed by atoms with E-state index in [1.807, 2.05) is 24.3 Å². The second-order valence-corrected chi connectivity index (χ2v) is 12.0. The molecule has 1 atom stereocenters. The molecule has 6 rings (SSSR count). The highest BCUT2D eigenvalue weighted by Gasteiger charge is 2.26. The Morgan fingerprint density at radius 2 is 1.83 bits per heavy atom. The molecule has 10 nitrogen and oxygen atoms in total. The Labute approximate surface area is 280 Å². The lowest BCUT2D eigenvalue weighted by molar-refractivity contribution is -0.145. The number of ether oxygens (including phenoxy) is 3. The molecular formula is C34H26BrFN4O6S. The Bertz CT molecular complexity index is 2060. The third-order valence-corrected chi connectivity index (χ3v) is 9.38. The lowest BCUT2D eigenvalue weighted by Crippen LogP contribution is -2.30. The van der Waals surface area contributed by atoms with E-state index in [2.05, 4.69) is 35.9 Å². The van der Waals surface area contributed by atoms with Gasteiger partial charge in [-0.15, -0.1) is 11.3 Å². The van der Waals surface area contributed by atoms with Crippen molar-refractivity contribution in [1.82, 2.24) is 19.9 Å². The number of carboxylic acids is 1. The van der Waals surface area contributed by atoms with Crippen LogP contribution in [0.3, 0.4) is 0 Å². The highest BCUT2D eigenvalue weighted by Crippen LogP contribution is 2.44. The molecule has 47 heavy (non-hydrogen) atoms. The van der Waals surface area contributed by atoms with E-state index in [9.17, 15) is 19.4 Å². The molecule has 3 aromatic heterocycles. The minimum Gasteiger partial charge on any atom is -0.496 e. The van der Waals surface area contributed by atoms with Gasteiger partial charge in [-0.25, -0.2) is 29.1 Å². The van der Waals surface area contributed by atoms with Crippen LogP contribution >= 0.6 is 27.3 Å². The fraction of sp³-hybridized carbons (Fsp3) is 0.147. The Kier molecular flexibility index (Phi) is 9.66. The molecule has 3 aromatic carbocycles. The lowest BCUT2D eigenvalue weighted by Gasteiger charge is -2.18. The van der Waals surface area contributed by atoms with Gasteiger partial charge in [0.25, 0.3) is 0 Å². The maximum atomic E-state index is 13.5. The van der Waals surface area contributed by atoms with Crippen LogP contribution in [0.15, 0.2) is 89.8 Å². The van der Waals surface area contributed by atoms with Gasteiger partial charge in [0.1, 0.15) is 35.1 Å². The number of aliphatic hydroxyl groups excluding tert-OH is 1. The predicted molar refractivity (Wildman–Crippen MR) is 177 cm³/mol. The standard InChI is InChI=1S/C34H26BrFN4O6S/c1-44-26-5-3-2-4-24(26)31-37-13-12-23(40-31)17-45-25-11-6-19(16-41)14-21(25)15-27(34(42)43)46-32-28-29(35)30(47-33(28)39-18-38-32)20-7-9-22(36)10-8-20/h2-14,18,27,41H,15-17H2,1H3,(H,42,43). The molecule has 0 aliphatic heterocycles. The first-order valence-corrected chi connectivity index (χ1v) is 15.8. The fourth-order valence-corrected chi connectivity index (χ4v) is 6.87. The van der Waals surface area contributed by atoms with Crippen molar-refractivity contribution in [3.8, 4) is 39.2 Å². The minimum atomic E-state index is -1.37. The van der Waals surface area contributed by atoms with Crippen LogP contribution in [0.1, 0.15) is 16.8 Å². The van der Waals surface area contributed by atoms with Gasteiger partial charge in [0, 0.05) is 12.6 Å². The summed E-state index contributed by atoms with van der Waals surface area (Å²) in [6.45, 7) is -0.185. The number of thiophene rings is 1. The fourth-order valence-electron chi connectivity index (χ4n) is 4.88. The molecule has 6 aromatic rings. The van der Waals surface area contributed by atoms with Crippen LogP contribution in [0.2, 0.25) is 0 Å². The number of nitrogens with zero attached hydrogens (tertiary/aromatic N) is 4. The van der Waals surface area contributed by atoms with Gasteiger partial charge in [-0.3, -0.25) is 0 Å². The van der Waals surface area contributed by atoms with Crippen LogP contribution in [0.25, 0.3) is 32.0 Å². The van der Waals surface area contributed by atoms with Crippen LogP contribution < -0.4 is 14.2 Å². The van der Waals surface area contributed by atoms with Gasteiger partial charge < -0.3 is 24.4 Å². The van der Waals surface area contributed by atoms with Gasteiger partial charge in [0.2, 0.25) is 12.0 Å². The molecule has 0 aliphatic rings. The number of halogens is 2. The summed E-state index contributed by atoms with van der Waals surface area (Å²) in [5.74, 6) is -0.00429. The van der Waals surface area contributed by atoms with E-state index in [0.29, 0.717) is 48.8 Å². The van der Waals surface area contributed by atoms with Gasteiger partial charge in [0.05, 0.1) is 39.7 Å². The number of aliphatic carboxylic acids is 1. The minimum absolute atomic E-state index is 0.0648. The monoisotopic (exact) mass is 716 g/mol. The summed E-state index contributed by atoms with van der Waals surface area (Å²) in [4.78, 5) is 31.5. The second-order valence-electron chi connectivity index (χ2n) is 10.2. The second kappa shape index (κ2) is 14.2. The number of hydrogen-bond donors (Lipinski definition) is 2. The first kappa shape index (κ1) is 32.0. The van der Waals surface area contributed by atoms with Gasteiger partial charge in [-0.05, 0) is 75.1 Å². The number of para-hydroxylation sites is 1. The molecule has 1 unspecified atom stereocenters. The maximum absolute atomic E-state index is 13.5.